The molecule has 0 aliphatic carbocycles. The summed E-state index contributed by atoms with van der Waals surface area (Å²) in [6.45, 7) is 6.18. The summed E-state index contributed by atoms with van der Waals surface area (Å²) in [6.07, 6.45) is 4.10. The molecule has 12 heavy (non-hydrogen) atoms. The van der Waals surface area contributed by atoms with Gasteiger partial charge in [-0.05, 0) is 24.3 Å². The van der Waals surface area contributed by atoms with Crippen molar-refractivity contribution in [2.45, 2.75) is 33.3 Å². The molecule has 0 amide bonds. The van der Waals surface area contributed by atoms with Crippen LogP contribution in [0, 0.1) is 11.8 Å². The highest BCUT2D eigenvalue weighted by Gasteiger charge is 2.15. The molecule has 0 spiro atoms. The lowest BCUT2D eigenvalue weighted by Crippen LogP contribution is -2.21. The Morgan fingerprint density at radius 3 is 2.33 bits per heavy atom. The van der Waals surface area contributed by atoms with Crippen LogP contribution < -0.4 is 0 Å². The molecular formula is C10H18O2. The molecule has 0 rings (SSSR count). The maximum atomic E-state index is 9.92. The average molecular weight is 170 g/mol. The fourth-order valence-corrected chi connectivity index (χ4v) is 0.932. The first-order chi connectivity index (χ1) is 5.59. The predicted octanol–water partition coefficient (Wildman–Crippen LogP) is 1.78. The van der Waals surface area contributed by atoms with Crippen molar-refractivity contribution in [3.63, 3.8) is 0 Å². The Labute approximate surface area is 74.3 Å². The molecule has 2 heteroatoms. The van der Waals surface area contributed by atoms with Crippen LogP contribution in [0.4, 0.5) is 0 Å². The molecule has 2 nitrogen and oxygen atoms in total. The fourth-order valence-electron chi connectivity index (χ4n) is 0.932. The topological polar surface area (TPSA) is 37.3 Å². The van der Waals surface area contributed by atoms with Crippen molar-refractivity contribution in [2.75, 3.05) is 0 Å². The van der Waals surface area contributed by atoms with E-state index in [1.54, 1.807) is 6.08 Å². The third-order valence-corrected chi connectivity index (χ3v) is 2.25. The van der Waals surface area contributed by atoms with Crippen LogP contribution in [0.15, 0.2) is 12.2 Å². The fraction of sp³-hybridized carbons (Fsp3) is 0.700. The van der Waals surface area contributed by atoms with Gasteiger partial charge in [0.2, 0.25) is 0 Å². The van der Waals surface area contributed by atoms with Gasteiger partial charge in [-0.3, -0.25) is 4.79 Å². The first-order valence-electron chi connectivity index (χ1n) is 4.38. The number of hydrogen-bond acceptors (Lipinski definition) is 2. The minimum absolute atomic E-state index is 0.279. The Morgan fingerprint density at radius 2 is 1.92 bits per heavy atom. The van der Waals surface area contributed by atoms with E-state index in [1.807, 2.05) is 6.92 Å². The van der Waals surface area contributed by atoms with Gasteiger partial charge in [-0.15, -0.1) is 0 Å². The predicted molar refractivity (Wildman–Crippen MR) is 49.8 cm³/mol. The molecule has 2 unspecified atom stereocenters. The highest BCUT2D eigenvalue weighted by atomic mass is 16.3. The molecule has 2 atom stereocenters. The summed E-state index contributed by atoms with van der Waals surface area (Å²) < 4.78 is 0. The van der Waals surface area contributed by atoms with E-state index < -0.39 is 0 Å². The molecule has 0 bridgehead atoms. The summed E-state index contributed by atoms with van der Waals surface area (Å²) in [5, 5.41) is 9.55. The Bertz CT molecular complexity index is 150. The molecule has 0 aliphatic heterocycles. The summed E-state index contributed by atoms with van der Waals surface area (Å²) in [6, 6.07) is 0. The smallest absolute Gasteiger partial charge is 0.142 e. The van der Waals surface area contributed by atoms with E-state index in [2.05, 4.69) is 13.8 Å². The van der Waals surface area contributed by atoms with Gasteiger partial charge in [0.25, 0.3) is 0 Å². The lowest BCUT2D eigenvalue weighted by Gasteiger charge is -2.20. The molecule has 0 aliphatic rings. The molecule has 0 saturated carbocycles. The Kier molecular flexibility index (Phi) is 5.64. The van der Waals surface area contributed by atoms with E-state index in [1.165, 1.54) is 6.08 Å². The van der Waals surface area contributed by atoms with Crippen molar-refractivity contribution in [2.24, 2.45) is 11.8 Å². The third kappa shape index (κ3) is 4.29. The monoisotopic (exact) mass is 170 g/mol. The second kappa shape index (κ2) is 5.95. The van der Waals surface area contributed by atoms with E-state index in [9.17, 15) is 9.90 Å². The zero-order valence-corrected chi connectivity index (χ0v) is 8.03. The molecule has 0 radical (unpaired) electrons. The molecule has 70 valence electrons. The first-order valence-corrected chi connectivity index (χ1v) is 4.38. The van der Waals surface area contributed by atoms with E-state index in [0.717, 1.165) is 6.29 Å². The van der Waals surface area contributed by atoms with Crippen molar-refractivity contribution < 1.29 is 9.90 Å². The maximum Gasteiger partial charge on any atom is 0.142 e. The highest BCUT2D eigenvalue weighted by molar-refractivity contribution is 5.64. The highest BCUT2D eigenvalue weighted by Crippen LogP contribution is 2.16. The Morgan fingerprint density at radius 1 is 1.33 bits per heavy atom. The van der Waals surface area contributed by atoms with Crippen molar-refractivity contribution in [3.05, 3.63) is 12.2 Å². The van der Waals surface area contributed by atoms with Gasteiger partial charge < -0.3 is 5.11 Å². The number of carbonyl (C=O) groups is 1. The largest absolute Gasteiger partial charge is 0.393 e. The second-order valence-electron chi connectivity index (χ2n) is 3.47. The van der Waals surface area contributed by atoms with E-state index >= 15 is 0 Å². The zero-order chi connectivity index (χ0) is 9.56. The summed E-state index contributed by atoms with van der Waals surface area (Å²) >= 11 is 0. The zero-order valence-electron chi connectivity index (χ0n) is 8.03. The van der Waals surface area contributed by atoms with Crippen LogP contribution >= 0.6 is 0 Å². The average Bonchev–Trinajstić information content (AvgIpc) is 2.03. The van der Waals surface area contributed by atoms with E-state index in [0.29, 0.717) is 12.3 Å². The van der Waals surface area contributed by atoms with Gasteiger partial charge in [-0.2, -0.15) is 0 Å². The summed E-state index contributed by atoms with van der Waals surface area (Å²) in [4.78, 5) is 9.92. The quantitative estimate of drug-likeness (QED) is 0.504. The van der Waals surface area contributed by atoms with Crippen LogP contribution in [0.5, 0.6) is 0 Å². The summed E-state index contributed by atoms with van der Waals surface area (Å²) in [5.74, 6) is 0.755. The summed E-state index contributed by atoms with van der Waals surface area (Å²) in [5.41, 5.74) is 0. The number of hydrogen-bond donors (Lipinski definition) is 1. The van der Waals surface area contributed by atoms with Gasteiger partial charge in [0.05, 0.1) is 6.10 Å². The Hall–Kier alpha value is -0.630. The van der Waals surface area contributed by atoms with Gasteiger partial charge in [0, 0.05) is 0 Å². The minimum atomic E-state index is -0.332. The van der Waals surface area contributed by atoms with Gasteiger partial charge in [0.1, 0.15) is 6.29 Å². The lowest BCUT2D eigenvalue weighted by molar-refractivity contribution is -0.104. The molecule has 1 N–H and O–H groups in total. The van der Waals surface area contributed by atoms with Crippen molar-refractivity contribution in [1.29, 1.82) is 0 Å². The third-order valence-electron chi connectivity index (χ3n) is 2.25. The van der Waals surface area contributed by atoms with Crippen molar-refractivity contribution in [3.8, 4) is 0 Å². The van der Waals surface area contributed by atoms with Crippen LogP contribution in [-0.2, 0) is 4.79 Å². The minimum Gasteiger partial charge on any atom is -0.393 e. The summed E-state index contributed by atoms with van der Waals surface area (Å²) in [7, 11) is 0. The second-order valence-corrected chi connectivity index (χ2v) is 3.47. The van der Waals surface area contributed by atoms with Gasteiger partial charge in [-0.1, -0.05) is 26.8 Å². The SMILES string of the molecule is CC(C)C(C)C(O)CC=CC=O. The molecule has 0 aromatic carbocycles. The number of allylic oxidation sites excluding steroid dienone is 1. The van der Waals surface area contributed by atoms with Crippen LogP contribution in [0.2, 0.25) is 0 Å². The molecule has 0 heterocycles. The van der Waals surface area contributed by atoms with Gasteiger partial charge in [-0.25, -0.2) is 0 Å². The van der Waals surface area contributed by atoms with Crippen LogP contribution in [0.3, 0.4) is 0 Å². The number of aldehydes is 1. The van der Waals surface area contributed by atoms with Gasteiger partial charge >= 0.3 is 0 Å². The molecular weight excluding hydrogens is 152 g/mol. The van der Waals surface area contributed by atoms with Crippen LogP contribution in [-0.4, -0.2) is 17.5 Å². The lowest BCUT2D eigenvalue weighted by atomic mass is 9.90. The first kappa shape index (κ1) is 11.4. The Balaban J connectivity index is 3.78. The van der Waals surface area contributed by atoms with Crippen LogP contribution in [0.25, 0.3) is 0 Å². The van der Waals surface area contributed by atoms with E-state index in [-0.39, 0.29) is 12.0 Å². The molecule has 0 saturated heterocycles. The molecule has 0 aromatic heterocycles. The molecule has 0 aromatic rings. The van der Waals surface area contributed by atoms with Crippen LogP contribution in [0.1, 0.15) is 27.2 Å². The number of aliphatic hydroxyl groups excluding tert-OH is 1. The number of carbonyl (C=O) groups excluding carboxylic acids is 1. The standard InChI is InChI=1S/C10H18O2/c1-8(2)9(3)10(12)6-4-5-7-11/h4-5,7-10,12H,6H2,1-3H3. The van der Waals surface area contributed by atoms with Crippen molar-refractivity contribution in [1.82, 2.24) is 0 Å². The normalized spacial score (nSPS) is 16.8. The number of aliphatic hydroxyl groups is 1. The van der Waals surface area contributed by atoms with Crippen molar-refractivity contribution >= 4 is 6.29 Å². The molecule has 0 fully saturated rings. The maximum absolute atomic E-state index is 9.92. The van der Waals surface area contributed by atoms with E-state index in [4.69, 9.17) is 0 Å². The number of rotatable bonds is 5. The van der Waals surface area contributed by atoms with Gasteiger partial charge in [0.15, 0.2) is 0 Å².